The van der Waals surface area contributed by atoms with Gasteiger partial charge in [0.2, 0.25) is 11.8 Å². The lowest BCUT2D eigenvalue weighted by molar-refractivity contribution is -0.118. The Morgan fingerprint density at radius 2 is 1.87 bits per heavy atom. The first-order valence-electron chi connectivity index (χ1n) is 9.70. The average molecular weight is 449 g/mol. The molecule has 7 heteroatoms. The molecule has 2 N–H and O–H groups in total. The number of aryl methyl sites for hydroxylation is 1. The van der Waals surface area contributed by atoms with Gasteiger partial charge in [-0.3, -0.25) is 9.59 Å². The minimum Gasteiger partial charge on any atom is -0.495 e. The average Bonchev–Trinajstić information content (AvgIpc) is 2.63. The molecule has 162 valence electrons. The van der Waals surface area contributed by atoms with E-state index in [9.17, 15) is 9.59 Å². The Hall–Kier alpha value is -2.18. The number of carbonyl (C=O) groups excluding carboxylic acids is 2. The summed E-state index contributed by atoms with van der Waals surface area (Å²) < 4.78 is 5.32. The van der Waals surface area contributed by atoms with E-state index in [-0.39, 0.29) is 22.5 Å². The van der Waals surface area contributed by atoms with Crippen LogP contribution in [0.2, 0.25) is 5.02 Å². The van der Waals surface area contributed by atoms with Gasteiger partial charge in [0.1, 0.15) is 5.75 Å². The van der Waals surface area contributed by atoms with Gasteiger partial charge in [0.15, 0.2) is 0 Å². The highest BCUT2D eigenvalue weighted by Gasteiger charge is 2.19. The molecule has 1 atom stereocenters. The quantitative estimate of drug-likeness (QED) is 0.498. The smallest absolute Gasteiger partial charge is 0.237 e. The van der Waals surface area contributed by atoms with Gasteiger partial charge in [-0.1, -0.05) is 38.4 Å². The molecule has 0 saturated heterocycles. The largest absolute Gasteiger partial charge is 0.495 e. The van der Waals surface area contributed by atoms with Crippen molar-refractivity contribution in [3.05, 3.63) is 47.0 Å². The number of anilines is 2. The van der Waals surface area contributed by atoms with E-state index in [1.54, 1.807) is 12.1 Å². The van der Waals surface area contributed by atoms with Gasteiger partial charge in [-0.25, -0.2) is 0 Å². The first-order valence-corrected chi connectivity index (χ1v) is 11.0. The Morgan fingerprint density at radius 3 is 2.50 bits per heavy atom. The Morgan fingerprint density at radius 1 is 1.17 bits per heavy atom. The van der Waals surface area contributed by atoms with E-state index in [2.05, 4.69) is 10.6 Å². The van der Waals surface area contributed by atoms with Crippen molar-refractivity contribution >= 4 is 46.6 Å². The lowest BCUT2D eigenvalue weighted by atomic mass is 9.92. The second-order valence-electron chi connectivity index (χ2n) is 8.36. The van der Waals surface area contributed by atoms with Gasteiger partial charge in [0.25, 0.3) is 0 Å². The zero-order chi connectivity index (χ0) is 22.5. The van der Waals surface area contributed by atoms with E-state index in [1.807, 2.05) is 58.9 Å². The fourth-order valence-electron chi connectivity index (χ4n) is 2.76. The van der Waals surface area contributed by atoms with E-state index in [0.29, 0.717) is 22.9 Å². The molecule has 0 aliphatic carbocycles. The normalized spacial score (nSPS) is 12.2. The van der Waals surface area contributed by atoms with Gasteiger partial charge in [-0.05, 0) is 49.1 Å². The summed E-state index contributed by atoms with van der Waals surface area (Å²) in [6.45, 7) is 9.78. The molecule has 0 spiro atoms. The number of thioether (sulfide) groups is 1. The zero-order valence-electron chi connectivity index (χ0n) is 18.3. The second kappa shape index (κ2) is 10.2. The van der Waals surface area contributed by atoms with Gasteiger partial charge in [-0.2, -0.15) is 0 Å². The maximum Gasteiger partial charge on any atom is 0.237 e. The number of nitrogens with one attached hydrogen (secondary N) is 2. The van der Waals surface area contributed by atoms with Crippen LogP contribution < -0.4 is 15.4 Å². The number of amides is 2. The lowest BCUT2D eigenvalue weighted by Crippen LogP contribution is -2.22. The van der Waals surface area contributed by atoms with Gasteiger partial charge in [0.05, 0.1) is 18.0 Å². The number of hydrogen-bond acceptors (Lipinski definition) is 4. The van der Waals surface area contributed by atoms with Gasteiger partial charge < -0.3 is 15.4 Å². The van der Waals surface area contributed by atoms with Crippen LogP contribution in [0.3, 0.4) is 0 Å². The van der Waals surface area contributed by atoms with Crippen LogP contribution in [0, 0.1) is 12.3 Å². The number of ether oxygens (including phenoxy) is 1. The van der Waals surface area contributed by atoms with Crippen LogP contribution >= 0.6 is 23.4 Å². The maximum absolute atomic E-state index is 12.7. The fraction of sp³-hybridized carbons (Fsp3) is 0.391. The summed E-state index contributed by atoms with van der Waals surface area (Å²) in [5.74, 6) is 0.336. The predicted molar refractivity (Wildman–Crippen MR) is 126 cm³/mol. The van der Waals surface area contributed by atoms with Crippen LogP contribution in [0.4, 0.5) is 11.4 Å². The second-order valence-corrected chi connectivity index (χ2v) is 10.2. The molecule has 0 heterocycles. The minimum atomic E-state index is -0.355. The summed E-state index contributed by atoms with van der Waals surface area (Å²) in [5, 5.41) is 6.06. The molecule has 2 aromatic rings. The van der Waals surface area contributed by atoms with Crippen LogP contribution in [0.25, 0.3) is 0 Å². The van der Waals surface area contributed by atoms with Crippen LogP contribution in [0.5, 0.6) is 5.75 Å². The van der Waals surface area contributed by atoms with E-state index >= 15 is 0 Å². The molecule has 2 aromatic carbocycles. The van der Waals surface area contributed by atoms with E-state index in [0.717, 1.165) is 16.1 Å². The zero-order valence-corrected chi connectivity index (χ0v) is 19.8. The SMILES string of the molecule is COc1cc(Cl)c(C)cc1NC(=O)C(C)Sc1cccc(NC(=O)CC(C)(C)C)c1. The summed E-state index contributed by atoms with van der Waals surface area (Å²) in [4.78, 5) is 25.8. The molecule has 0 fully saturated rings. The van der Waals surface area contributed by atoms with Crippen molar-refractivity contribution in [1.82, 2.24) is 0 Å². The monoisotopic (exact) mass is 448 g/mol. The molecule has 0 bridgehead atoms. The Balaban J connectivity index is 2.04. The molecule has 2 amide bonds. The fourth-order valence-corrected chi connectivity index (χ4v) is 3.84. The van der Waals surface area contributed by atoms with Crippen molar-refractivity contribution in [2.45, 2.75) is 51.2 Å². The summed E-state index contributed by atoms with van der Waals surface area (Å²) in [6, 6.07) is 11.0. The van der Waals surface area contributed by atoms with Crippen molar-refractivity contribution in [1.29, 1.82) is 0 Å². The standard InChI is InChI=1S/C23H29ClN2O3S/c1-14-10-19(20(29-6)12-18(14)24)26-22(28)15(2)30-17-9-7-8-16(11-17)25-21(27)13-23(3,4)5/h7-12,15H,13H2,1-6H3,(H,25,27)(H,26,28). The molecular weight excluding hydrogens is 420 g/mol. The Labute approximate surface area is 187 Å². The third-order valence-corrected chi connectivity index (χ3v) is 5.73. The molecule has 0 aliphatic heterocycles. The number of benzene rings is 2. The Bertz CT molecular complexity index is 925. The molecular formula is C23H29ClN2O3S. The summed E-state index contributed by atoms with van der Waals surface area (Å²) in [6.07, 6.45) is 0.436. The molecule has 0 aliphatic rings. The highest BCUT2D eigenvalue weighted by atomic mass is 35.5. The molecule has 2 rings (SSSR count). The number of halogens is 1. The van der Waals surface area contributed by atoms with Crippen molar-refractivity contribution in [3.63, 3.8) is 0 Å². The highest BCUT2D eigenvalue weighted by Crippen LogP contribution is 2.32. The topological polar surface area (TPSA) is 67.4 Å². The molecule has 0 saturated carbocycles. The molecule has 0 aromatic heterocycles. The summed E-state index contributed by atoms with van der Waals surface area (Å²) >= 11 is 7.55. The molecule has 0 radical (unpaired) electrons. The van der Waals surface area contributed by atoms with Crippen LogP contribution in [-0.2, 0) is 9.59 Å². The number of rotatable bonds is 7. The third-order valence-electron chi connectivity index (χ3n) is 4.23. The van der Waals surface area contributed by atoms with Crippen molar-refractivity contribution in [2.75, 3.05) is 17.7 Å². The molecule has 30 heavy (non-hydrogen) atoms. The van der Waals surface area contributed by atoms with Crippen LogP contribution in [0.1, 0.15) is 39.7 Å². The van der Waals surface area contributed by atoms with Crippen LogP contribution in [0.15, 0.2) is 41.3 Å². The number of methoxy groups -OCH3 is 1. The first-order chi connectivity index (χ1) is 14.0. The highest BCUT2D eigenvalue weighted by molar-refractivity contribution is 8.00. The van der Waals surface area contributed by atoms with Crippen LogP contribution in [-0.4, -0.2) is 24.2 Å². The van der Waals surface area contributed by atoms with Gasteiger partial charge in [0, 0.05) is 28.1 Å². The summed E-state index contributed by atoms with van der Waals surface area (Å²) in [7, 11) is 1.54. The van der Waals surface area contributed by atoms with Gasteiger partial charge >= 0.3 is 0 Å². The number of carbonyl (C=O) groups is 2. The minimum absolute atomic E-state index is 0.0272. The maximum atomic E-state index is 12.7. The van der Waals surface area contributed by atoms with E-state index in [4.69, 9.17) is 16.3 Å². The van der Waals surface area contributed by atoms with Crippen molar-refractivity contribution in [3.8, 4) is 5.75 Å². The van der Waals surface area contributed by atoms with E-state index < -0.39 is 0 Å². The third kappa shape index (κ3) is 7.26. The molecule has 5 nitrogen and oxygen atoms in total. The van der Waals surface area contributed by atoms with Crippen molar-refractivity contribution in [2.24, 2.45) is 5.41 Å². The van der Waals surface area contributed by atoms with Gasteiger partial charge in [-0.15, -0.1) is 11.8 Å². The lowest BCUT2D eigenvalue weighted by Gasteiger charge is -2.18. The summed E-state index contributed by atoms with van der Waals surface area (Å²) in [5.41, 5.74) is 2.08. The predicted octanol–water partition coefficient (Wildman–Crippen LogP) is 6.15. The Kier molecular flexibility index (Phi) is 8.21. The molecule has 1 unspecified atom stereocenters. The number of hydrogen-bond donors (Lipinski definition) is 2. The van der Waals surface area contributed by atoms with Crippen molar-refractivity contribution < 1.29 is 14.3 Å². The van der Waals surface area contributed by atoms with E-state index in [1.165, 1.54) is 18.9 Å². The first kappa shape index (κ1) is 24.1.